The van der Waals surface area contributed by atoms with Crippen LogP contribution in [-0.4, -0.2) is 41.0 Å². The first-order valence-corrected chi connectivity index (χ1v) is 5.21. The van der Waals surface area contributed by atoms with Crippen LogP contribution in [0.1, 0.15) is 13.8 Å². The fraction of sp³-hybridized carbons (Fsp3) is 0.600. The largest absolute Gasteiger partial charge is 0.353 e. The first-order valence-electron chi connectivity index (χ1n) is 5.21. The van der Waals surface area contributed by atoms with Crippen molar-refractivity contribution in [2.45, 2.75) is 13.8 Å². The Bertz CT molecular complexity index is 289. The van der Waals surface area contributed by atoms with Gasteiger partial charge >= 0.3 is 0 Å². The van der Waals surface area contributed by atoms with Crippen molar-refractivity contribution in [3.63, 3.8) is 0 Å². The summed E-state index contributed by atoms with van der Waals surface area (Å²) in [6.07, 6.45) is 1.40. The zero-order valence-corrected chi connectivity index (χ0v) is 9.20. The number of anilines is 1. The smallest absolute Gasteiger partial charge is 0.225 e. The number of aromatic nitrogens is 2. The Kier molecular flexibility index (Phi) is 4.97. The summed E-state index contributed by atoms with van der Waals surface area (Å²) in [6, 6.07) is 1.23. The van der Waals surface area contributed by atoms with E-state index in [-0.39, 0.29) is 0 Å². The van der Waals surface area contributed by atoms with E-state index in [4.69, 9.17) is 0 Å². The Hall–Kier alpha value is -1.23. The van der Waals surface area contributed by atoms with Crippen molar-refractivity contribution in [2.75, 3.05) is 31.5 Å². The van der Waals surface area contributed by atoms with Crippen LogP contribution < -0.4 is 5.32 Å². The number of rotatable bonds is 6. The maximum absolute atomic E-state index is 12.7. The summed E-state index contributed by atoms with van der Waals surface area (Å²) in [7, 11) is 0. The number of hydrogen-bond acceptors (Lipinski definition) is 4. The second-order valence-corrected chi connectivity index (χ2v) is 3.16. The van der Waals surface area contributed by atoms with Crippen LogP contribution in [0.2, 0.25) is 0 Å². The second kappa shape index (κ2) is 6.29. The quantitative estimate of drug-likeness (QED) is 0.723. The van der Waals surface area contributed by atoms with E-state index in [1.54, 1.807) is 0 Å². The maximum atomic E-state index is 12.7. The fourth-order valence-electron chi connectivity index (χ4n) is 1.29. The molecule has 84 valence electrons. The van der Waals surface area contributed by atoms with Crippen molar-refractivity contribution in [1.29, 1.82) is 0 Å². The van der Waals surface area contributed by atoms with Crippen molar-refractivity contribution in [2.24, 2.45) is 0 Å². The molecule has 1 aromatic heterocycles. The van der Waals surface area contributed by atoms with Crippen LogP contribution >= 0.6 is 0 Å². The van der Waals surface area contributed by atoms with E-state index in [0.29, 0.717) is 5.95 Å². The maximum Gasteiger partial charge on any atom is 0.225 e. The molecule has 0 bridgehead atoms. The molecule has 0 aromatic carbocycles. The Labute approximate surface area is 89.5 Å². The molecule has 15 heavy (non-hydrogen) atoms. The fourth-order valence-corrected chi connectivity index (χ4v) is 1.29. The van der Waals surface area contributed by atoms with Gasteiger partial charge in [0.1, 0.15) is 0 Å². The topological polar surface area (TPSA) is 41.0 Å². The number of likely N-dealkylation sites (N-methyl/N-ethyl adjacent to an activating group) is 1. The summed E-state index contributed by atoms with van der Waals surface area (Å²) in [6.45, 7) is 7.90. The number of nitrogens with zero attached hydrogens (tertiary/aromatic N) is 3. The van der Waals surface area contributed by atoms with Crippen LogP contribution in [0.25, 0.3) is 0 Å². The molecule has 0 aliphatic rings. The van der Waals surface area contributed by atoms with Crippen molar-refractivity contribution in [3.8, 4) is 0 Å². The lowest BCUT2D eigenvalue weighted by molar-refractivity contribution is 0.315. The van der Waals surface area contributed by atoms with Gasteiger partial charge in [-0.15, -0.1) is 0 Å². The molecule has 0 saturated carbocycles. The molecule has 0 aliphatic carbocycles. The summed E-state index contributed by atoms with van der Waals surface area (Å²) >= 11 is 0. The molecule has 1 N–H and O–H groups in total. The average molecular weight is 212 g/mol. The van der Waals surface area contributed by atoms with Crippen molar-refractivity contribution < 1.29 is 4.39 Å². The van der Waals surface area contributed by atoms with Crippen LogP contribution in [0.5, 0.6) is 0 Å². The zero-order valence-electron chi connectivity index (χ0n) is 9.20. The van der Waals surface area contributed by atoms with Crippen molar-refractivity contribution >= 4 is 5.95 Å². The lowest BCUT2D eigenvalue weighted by Gasteiger charge is -2.17. The lowest BCUT2D eigenvalue weighted by atomic mass is 10.4. The third-order valence-corrected chi connectivity index (χ3v) is 2.23. The summed E-state index contributed by atoms with van der Waals surface area (Å²) in [5.74, 6) is -0.155. The molecule has 0 saturated heterocycles. The molecule has 0 radical (unpaired) electrons. The van der Waals surface area contributed by atoms with E-state index < -0.39 is 5.95 Å². The van der Waals surface area contributed by atoms with Crippen molar-refractivity contribution in [1.82, 2.24) is 14.9 Å². The van der Waals surface area contributed by atoms with E-state index in [1.165, 1.54) is 12.3 Å². The molecular weight excluding hydrogens is 195 g/mol. The normalized spacial score (nSPS) is 10.7. The molecule has 0 atom stereocenters. The number of nitrogens with one attached hydrogen (secondary N) is 1. The van der Waals surface area contributed by atoms with Gasteiger partial charge in [-0.25, -0.2) is 4.98 Å². The minimum Gasteiger partial charge on any atom is -0.353 e. The van der Waals surface area contributed by atoms with Gasteiger partial charge in [-0.05, 0) is 13.1 Å². The molecule has 1 rings (SSSR count). The van der Waals surface area contributed by atoms with Gasteiger partial charge < -0.3 is 10.2 Å². The van der Waals surface area contributed by atoms with Gasteiger partial charge in [0.2, 0.25) is 11.9 Å². The van der Waals surface area contributed by atoms with Crippen LogP contribution in [0.15, 0.2) is 12.3 Å². The second-order valence-electron chi connectivity index (χ2n) is 3.16. The highest BCUT2D eigenvalue weighted by atomic mass is 19.1. The Balaban J connectivity index is 2.31. The van der Waals surface area contributed by atoms with Crippen LogP contribution in [0, 0.1) is 5.95 Å². The van der Waals surface area contributed by atoms with Crippen LogP contribution in [-0.2, 0) is 0 Å². The standard InChI is InChI=1S/C10H17FN4/c1-3-15(4-2)8-7-13-10-12-6-5-9(11)14-10/h5-6H,3-4,7-8H2,1-2H3,(H,12,13,14). The van der Waals surface area contributed by atoms with E-state index in [2.05, 4.69) is 34.0 Å². The molecular formula is C10H17FN4. The Morgan fingerprint density at radius 3 is 2.73 bits per heavy atom. The van der Waals surface area contributed by atoms with Gasteiger partial charge in [0.05, 0.1) is 0 Å². The van der Waals surface area contributed by atoms with E-state index in [0.717, 1.165) is 26.2 Å². The molecule has 0 fully saturated rings. The first-order chi connectivity index (χ1) is 7.26. The van der Waals surface area contributed by atoms with Gasteiger partial charge in [-0.3, -0.25) is 0 Å². The Morgan fingerprint density at radius 2 is 2.13 bits per heavy atom. The molecule has 0 amide bonds. The van der Waals surface area contributed by atoms with E-state index >= 15 is 0 Å². The zero-order chi connectivity index (χ0) is 11.1. The number of halogens is 1. The lowest BCUT2D eigenvalue weighted by Crippen LogP contribution is -2.29. The highest BCUT2D eigenvalue weighted by molar-refractivity contribution is 5.22. The molecule has 0 unspecified atom stereocenters. The molecule has 0 spiro atoms. The van der Waals surface area contributed by atoms with Gasteiger partial charge in [-0.1, -0.05) is 13.8 Å². The third-order valence-electron chi connectivity index (χ3n) is 2.23. The molecule has 1 heterocycles. The molecule has 4 nitrogen and oxygen atoms in total. The van der Waals surface area contributed by atoms with E-state index in [1.807, 2.05) is 0 Å². The SMILES string of the molecule is CCN(CC)CCNc1nccc(F)n1. The average Bonchev–Trinajstić information content (AvgIpc) is 2.25. The molecule has 0 aliphatic heterocycles. The Morgan fingerprint density at radius 1 is 1.40 bits per heavy atom. The number of hydrogen-bond donors (Lipinski definition) is 1. The minimum absolute atomic E-state index is 0.349. The van der Waals surface area contributed by atoms with Crippen molar-refractivity contribution in [3.05, 3.63) is 18.2 Å². The van der Waals surface area contributed by atoms with Gasteiger partial charge in [-0.2, -0.15) is 9.37 Å². The van der Waals surface area contributed by atoms with Crippen LogP contribution in [0.4, 0.5) is 10.3 Å². The minimum atomic E-state index is -0.504. The molecule has 1 aromatic rings. The van der Waals surface area contributed by atoms with Gasteiger partial charge in [0.25, 0.3) is 0 Å². The van der Waals surface area contributed by atoms with E-state index in [9.17, 15) is 4.39 Å². The van der Waals surface area contributed by atoms with Crippen LogP contribution in [0.3, 0.4) is 0 Å². The third kappa shape index (κ3) is 4.20. The predicted octanol–water partition coefficient (Wildman–Crippen LogP) is 1.37. The predicted molar refractivity (Wildman–Crippen MR) is 58.3 cm³/mol. The highest BCUT2D eigenvalue weighted by Gasteiger charge is 2.00. The van der Waals surface area contributed by atoms with Gasteiger partial charge in [0, 0.05) is 25.4 Å². The first kappa shape index (κ1) is 11.8. The monoisotopic (exact) mass is 212 g/mol. The van der Waals surface area contributed by atoms with Gasteiger partial charge in [0.15, 0.2) is 0 Å². The highest BCUT2D eigenvalue weighted by Crippen LogP contribution is 1.97. The summed E-state index contributed by atoms with van der Waals surface area (Å²) < 4.78 is 12.7. The summed E-state index contributed by atoms with van der Waals surface area (Å²) in [5.41, 5.74) is 0. The summed E-state index contributed by atoms with van der Waals surface area (Å²) in [5, 5.41) is 2.98. The summed E-state index contributed by atoms with van der Waals surface area (Å²) in [4.78, 5) is 9.79. The molecule has 5 heteroatoms.